The minimum absolute atomic E-state index is 0.274. The van der Waals surface area contributed by atoms with E-state index >= 15 is 0 Å². The average molecular weight is 410 g/mol. The highest BCUT2D eigenvalue weighted by Crippen LogP contribution is 2.24. The first-order valence-electron chi connectivity index (χ1n) is 7.55. The summed E-state index contributed by atoms with van der Waals surface area (Å²) >= 11 is 4.80. The quantitative estimate of drug-likeness (QED) is 0.455. The minimum atomic E-state index is -0.274. The fraction of sp³-hybridized carbons (Fsp3) is 0.235. The van der Waals surface area contributed by atoms with E-state index < -0.39 is 0 Å². The number of hydrogen-bond donors (Lipinski definition) is 3. The first kappa shape index (κ1) is 18.6. The van der Waals surface area contributed by atoms with Gasteiger partial charge in [-0.05, 0) is 35.7 Å². The van der Waals surface area contributed by atoms with Crippen molar-refractivity contribution in [3.63, 3.8) is 0 Å². The summed E-state index contributed by atoms with van der Waals surface area (Å²) in [5, 5.41) is 0. The van der Waals surface area contributed by atoms with Crippen LogP contribution in [-0.4, -0.2) is 11.8 Å². The Morgan fingerprint density at radius 2 is 2.00 bits per heavy atom. The van der Waals surface area contributed by atoms with Crippen molar-refractivity contribution in [3.8, 4) is 5.75 Å². The third-order valence-electron chi connectivity index (χ3n) is 3.05. The van der Waals surface area contributed by atoms with Crippen LogP contribution in [0, 0.1) is 0 Å². The molecular weight excluding hydrogens is 390 g/mol. The number of hydrazine groups is 1. The maximum Gasteiger partial charge on any atom is 0.339 e. The van der Waals surface area contributed by atoms with Crippen molar-refractivity contribution in [1.82, 2.24) is 15.6 Å². The van der Waals surface area contributed by atoms with Gasteiger partial charge >= 0.3 is 6.03 Å². The van der Waals surface area contributed by atoms with Gasteiger partial charge in [0.15, 0.2) is 0 Å². The molecule has 0 atom stereocenters. The number of benzene rings is 2. The van der Waals surface area contributed by atoms with Gasteiger partial charge in [-0.1, -0.05) is 53.2 Å². The third kappa shape index (κ3) is 6.43. The highest BCUT2D eigenvalue weighted by molar-refractivity contribution is 9.10. The molecule has 2 amide bonds. The van der Waals surface area contributed by atoms with Crippen LogP contribution < -0.4 is 20.3 Å². The lowest BCUT2D eigenvalue weighted by Crippen LogP contribution is -2.41. The molecule has 5 nitrogen and oxygen atoms in total. The first-order valence-corrected chi connectivity index (χ1v) is 9.32. The number of halogens is 1. The van der Waals surface area contributed by atoms with Crippen molar-refractivity contribution < 1.29 is 9.53 Å². The summed E-state index contributed by atoms with van der Waals surface area (Å²) < 4.78 is 9.52. The van der Waals surface area contributed by atoms with Crippen LogP contribution in [-0.2, 0) is 13.2 Å². The smallest absolute Gasteiger partial charge is 0.339 e. The molecule has 7 heteroatoms. The summed E-state index contributed by atoms with van der Waals surface area (Å²) in [7, 11) is 0. The fourth-order valence-corrected chi connectivity index (χ4v) is 2.68. The number of ether oxygens (including phenoxy) is 1. The maximum absolute atomic E-state index is 11.5. The molecule has 2 aromatic carbocycles. The number of nitrogens with one attached hydrogen (secondary N) is 3. The molecule has 2 aromatic rings. The van der Waals surface area contributed by atoms with Crippen molar-refractivity contribution in [1.29, 1.82) is 0 Å². The molecule has 0 saturated heterocycles. The molecule has 24 heavy (non-hydrogen) atoms. The van der Waals surface area contributed by atoms with Gasteiger partial charge in [-0.15, -0.1) is 0 Å². The Balaban J connectivity index is 1.91. The van der Waals surface area contributed by atoms with Crippen molar-refractivity contribution in [3.05, 3.63) is 64.1 Å². The van der Waals surface area contributed by atoms with E-state index in [2.05, 4.69) is 31.5 Å². The van der Waals surface area contributed by atoms with E-state index in [9.17, 15) is 4.79 Å². The van der Waals surface area contributed by atoms with E-state index in [1.54, 1.807) is 0 Å². The second-order valence-electron chi connectivity index (χ2n) is 4.87. The molecule has 3 N–H and O–H groups in total. The highest BCUT2D eigenvalue weighted by Gasteiger charge is 2.06. The largest absolute Gasteiger partial charge is 0.489 e. The number of rotatable bonds is 8. The van der Waals surface area contributed by atoms with Gasteiger partial charge in [0, 0.05) is 22.3 Å². The van der Waals surface area contributed by atoms with Crippen molar-refractivity contribution in [2.24, 2.45) is 0 Å². The second kappa shape index (κ2) is 10.2. The lowest BCUT2D eigenvalue weighted by molar-refractivity contribution is 0.241. The Labute approximate surface area is 154 Å². The van der Waals surface area contributed by atoms with Crippen LogP contribution in [0.3, 0.4) is 0 Å². The molecule has 0 unspecified atom stereocenters. The van der Waals surface area contributed by atoms with Gasteiger partial charge in [0.1, 0.15) is 12.4 Å². The molecule has 0 bridgehead atoms. The topological polar surface area (TPSA) is 62.4 Å². The van der Waals surface area contributed by atoms with Crippen LogP contribution in [0.2, 0.25) is 0 Å². The standard InChI is InChI=1S/C17H20BrN3O2S/c1-2-24-21-17(22)20-19-11-14-10-15(18)8-9-16(14)23-12-13-6-4-3-5-7-13/h3-10,19H,2,11-12H2,1H3,(H2,20,21,22). The molecule has 0 aromatic heterocycles. The van der Waals surface area contributed by atoms with Crippen LogP contribution in [0.1, 0.15) is 18.1 Å². The first-order chi connectivity index (χ1) is 11.7. The van der Waals surface area contributed by atoms with E-state index in [-0.39, 0.29) is 6.03 Å². The number of carbonyl (C=O) groups is 1. The number of urea groups is 1. The fourth-order valence-electron chi connectivity index (χ4n) is 1.95. The molecule has 0 aliphatic heterocycles. The minimum Gasteiger partial charge on any atom is -0.489 e. The van der Waals surface area contributed by atoms with Gasteiger partial charge in [0.05, 0.1) is 0 Å². The molecule has 0 heterocycles. The second-order valence-corrected chi connectivity index (χ2v) is 6.85. The predicted octanol–water partition coefficient (Wildman–Crippen LogP) is 4.00. The molecule has 0 aliphatic rings. The number of carbonyl (C=O) groups excluding carboxylic acids is 1. The maximum atomic E-state index is 11.5. The summed E-state index contributed by atoms with van der Waals surface area (Å²) in [6, 6.07) is 15.5. The lowest BCUT2D eigenvalue weighted by Gasteiger charge is -2.13. The van der Waals surface area contributed by atoms with Gasteiger partial charge < -0.3 is 4.74 Å². The molecular formula is C17H20BrN3O2S. The molecule has 0 saturated carbocycles. The normalized spacial score (nSPS) is 10.2. The van der Waals surface area contributed by atoms with E-state index in [4.69, 9.17) is 4.74 Å². The summed E-state index contributed by atoms with van der Waals surface area (Å²) in [5.74, 6) is 1.59. The summed E-state index contributed by atoms with van der Waals surface area (Å²) in [6.45, 7) is 2.92. The monoisotopic (exact) mass is 409 g/mol. The Bertz CT molecular complexity index is 656. The molecule has 0 fully saturated rings. The zero-order chi connectivity index (χ0) is 17.2. The Morgan fingerprint density at radius 1 is 1.21 bits per heavy atom. The highest BCUT2D eigenvalue weighted by atomic mass is 79.9. The SMILES string of the molecule is CCSNC(=O)NNCc1cc(Br)ccc1OCc1ccccc1. The van der Waals surface area contributed by atoms with Crippen LogP contribution >= 0.6 is 27.9 Å². The van der Waals surface area contributed by atoms with Crippen LogP contribution in [0.15, 0.2) is 53.0 Å². The average Bonchev–Trinajstić information content (AvgIpc) is 2.60. The van der Waals surface area contributed by atoms with E-state index in [1.165, 1.54) is 11.9 Å². The van der Waals surface area contributed by atoms with Gasteiger partial charge in [-0.25, -0.2) is 10.2 Å². The predicted molar refractivity (Wildman–Crippen MR) is 102 cm³/mol. The molecule has 128 valence electrons. The third-order valence-corrected chi connectivity index (χ3v) is 4.16. The zero-order valence-electron chi connectivity index (χ0n) is 13.3. The summed E-state index contributed by atoms with van der Waals surface area (Å²) in [4.78, 5) is 11.5. The Kier molecular flexibility index (Phi) is 7.94. The number of hydrogen-bond acceptors (Lipinski definition) is 4. The number of amides is 2. The van der Waals surface area contributed by atoms with Crippen molar-refractivity contribution in [2.45, 2.75) is 20.1 Å². The van der Waals surface area contributed by atoms with Gasteiger partial charge in [0.2, 0.25) is 0 Å². The molecule has 2 rings (SSSR count). The van der Waals surface area contributed by atoms with Gasteiger partial charge in [0.25, 0.3) is 0 Å². The summed E-state index contributed by atoms with van der Waals surface area (Å²) in [6.07, 6.45) is 0. The van der Waals surface area contributed by atoms with E-state index in [0.717, 1.165) is 27.1 Å². The molecule has 0 radical (unpaired) electrons. The Morgan fingerprint density at radius 3 is 2.75 bits per heavy atom. The van der Waals surface area contributed by atoms with E-state index in [1.807, 2.05) is 55.5 Å². The zero-order valence-corrected chi connectivity index (χ0v) is 15.7. The van der Waals surface area contributed by atoms with Gasteiger partial charge in [-0.2, -0.15) is 0 Å². The molecule has 0 spiro atoms. The van der Waals surface area contributed by atoms with Crippen LogP contribution in [0.4, 0.5) is 4.79 Å². The van der Waals surface area contributed by atoms with Crippen molar-refractivity contribution in [2.75, 3.05) is 5.75 Å². The van der Waals surface area contributed by atoms with Crippen molar-refractivity contribution >= 4 is 33.9 Å². The van der Waals surface area contributed by atoms with Crippen LogP contribution in [0.25, 0.3) is 0 Å². The molecule has 0 aliphatic carbocycles. The van der Waals surface area contributed by atoms with Gasteiger partial charge in [-0.3, -0.25) is 10.1 Å². The Hall–Kier alpha value is -1.70. The summed E-state index contributed by atoms with van der Waals surface area (Å²) in [5.41, 5.74) is 7.55. The van der Waals surface area contributed by atoms with E-state index in [0.29, 0.717) is 13.2 Å². The van der Waals surface area contributed by atoms with Crippen LogP contribution in [0.5, 0.6) is 5.75 Å². The lowest BCUT2D eigenvalue weighted by atomic mass is 10.2.